The van der Waals surface area contributed by atoms with E-state index >= 15 is 0 Å². The summed E-state index contributed by atoms with van der Waals surface area (Å²) in [6.07, 6.45) is 0. The molecule has 1 amide bonds. The third-order valence-corrected chi connectivity index (χ3v) is 2.94. The van der Waals surface area contributed by atoms with Crippen molar-refractivity contribution >= 4 is 27.5 Å². The van der Waals surface area contributed by atoms with Gasteiger partial charge in [0.25, 0.3) is 5.91 Å². The minimum atomic E-state index is -0.271. The molecule has 0 aliphatic heterocycles. The van der Waals surface area contributed by atoms with Crippen LogP contribution in [0.2, 0.25) is 0 Å². The quantitative estimate of drug-likeness (QED) is 0.690. The third kappa shape index (κ3) is 3.69. The number of anilines is 1. The maximum Gasteiger partial charge on any atom is 0.255 e. The molecule has 0 bridgehead atoms. The minimum Gasteiger partial charge on any atom is -0.399 e. The number of nitrogen functional groups attached to an aromatic ring is 1. The fraction of sp³-hybridized carbons (Fsp3) is 0.364. The van der Waals surface area contributed by atoms with Gasteiger partial charge in [-0.05, 0) is 34.1 Å². The van der Waals surface area contributed by atoms with Crippen molar-refractivity contribution in [1.82, 2.24) is 4.90 Å². The summed E-state index contributed by atoms with van der Waals surface area (Å²) in [5.74, 6) is -0.271. The number of benzene rings is 1. The molecule has 5 nitrogen and oxygen atoms in total. The number of carbonyl (C=O) groups excluding carboxylic acids is 1. The largest absolute Gasteiger partial charge is 0.399 e. The first-order chi connectivity index (χ1) is 8.10. The summed E-state index contributed by atoms with van der Waals surface area (Å²) in [7, 11) is 0. The molecule has 0 aliphatic rings. The van der Waals surface area contributed by atoms with E-state index in [0.717, 1.165) is 0 Å². The molecule has 0 unspecified atom stereocenters. The number of nitrogens with two attached hydrogens (primary N) is 1. The van der Waals surface area contributed by atoms with Crippen LogP contribution in [0.4, 0.5) is 5.69 Å². The molecule has 0 heterocycles. The Balaban J connectivity index is 2.95. The molecule has 0 aromatic heterocycles. The number of rotatable bonds is 5. The van der Waals surface area contributed by atoms with Crippen molar-refractivity contribution in [1.29, 1.82) is 0 Å². The van der Waals surface area contributed by atoms with Gasteiger partial charge in [-0.3, -0.25) is 4.79 Å². The number of amides is 1. The van der Waals surface area contributed by atoms with Crippen LogP contribution in [0, 0.1) is 0 Å². The third-order valence-electron chi connectivity index (χ3n) is 2.25. The Morgan fingerprint density at radius 3 is 2.41 bits per heavy atom. The van der Waals surface area contributed by atoms with Crippen LogP contribution < -0.4 is 5.73 Å². The highest BCUT2D eigenvalue weighted by atomic mass is 79.9. The first kappa shape index (κ1) is 14.0. The number of aliphatic hydroxyl groups excluding tert-OH is 2. The number of aliphatic hydroxyl groups is 2. The zero-order valence-corrected chi connectivity index (χ0v) is 10.9. The van der Waals surface area contributed by atoms with Gasteiger partial charge in [0, 0.05) is 23.2 Å². The second-order valence-electron chi connectivity index (χ2n) is 3.48. The number of carbonyl (C=O) groups is 1. The summed E-state index contributed by atoms with van der Waals surface area (Å²) in [6, 6.07) is 4.94. The van der Waals surface area contributed by atoms with Crippen molar-refractivity contribution in [2.24, 2.45) is 0 Å². The van der Waals surface area contributed by atoms with Gasteiger partial charge in [-0.2, -0.15) is 0 Å². The van der Waals surface area contributed by atoms with Gasteiger partial charge in [-0.15, -0.1) is 0 Å². The van der Waals surface area contributed by atoms with E-state index in [1.807, 2.05) is 0 Å². The molecule has 1 aromatic rings. The van der Waals surface area contributed by atoms with Gasteiger partial charge in [0.2, 0.25) is 0 Å². The van der Waals surface area contributed by atoms with Gasteiger partial charge in [-0.25, -0.2) is 0 Å². The zero-order chi connectivity index (χ0) is 12.8. The maximum atomic E-state index is 12.1. The first-order valence-electron chi connectivity index (χ1n) is 5.16. The van der Waals surface area contributed by atoms with Crippen molar-refractivity contribution in [2.45, 2.75) is 0 Å². The van der Waals surface area contributed by atoms with Crippen molar-refractivity contribution in [3.8, 4) is 0 Å². The maximum absolute atomic E-state index is 12.1. The van der Waals surface area contributed by atoms with Crippen LogP contribution in [0.25, 0.3) is 0 Å². The first-order valence-corrected chi connectivity index (χ1v) is 5.95. The highest BCUT2D eigenvalue weighted by molar-refractivity contribution is 9.10. The van der Waals surface area contributed by atoms with E-state index in [-0.39, 0.29) is 32.2 Å². The fourth-order valence-electron chi connectivity index (χ4n) is 1.43. The van der Waals surface area contributed by atoms with Gasteiger partial charge in [-0.1, -0.05) is 0 Å². The molecule has 94 valence electrons. The van der Waals surface area contributed by atoms with Crippen LogP contribution in [0.15, 0.2) is 22.7 Å². The van der Waals surface area contributed by atoms with E-state index in [1.165, 1.54) is 4.90 Å². The van der Waals surface area contributed by atoms with Crippen LogP contribution in [0.3, 0.4) is 0 Å². The Morgan fingerprint density at radius 2 is 1.88 bits per heavy atom. The Bertz CT molecular complexity index is 392. The summed E-state index contributed by atoms with van der Waals surface area (Å²) < 4.78 is 0.637. The van der Waals surface area contributed by atoms with Crippen LogP contribution in [-0.2, 0) is 0 Å². The lowest BCUT2D eigenvalue weighted by Gasteiger charge is -2.21. The van der Waals surface area contributed by atoms with Crippen molar-refractivity contribution in [3.63, 3.8) is 0 Å². The average molecular weight is 303 g/mol. The topological polar surface area (TPSA) is 86.8 Å². The summed E-state index contributed by atoms with van der Waals surface area (Å²) in [6.45, 7) is 0.0681. The minimum absolute atomic E-state index is 0.147. The van der Waals surface area contributed by atoms with E-state index in [4.69, 9.17) is 15.9 Å². The van der Waals surface area contributed by atoms with E-state index in [0.29, 0.717) is 15.7 Å². The van der Waals surface area contributed by atoms with Crippen molar-refractivity contribution in [2.75, 3.05) is 32.0 Å². The van der Waals surface area contributed by atoms with Crippen molar-refractivity contribution in [3.05, 3.63) is 28.2 Å². The lowest BCUT2D eigenvalue weighted by atomic mass is 10.1. The van der Waals surface area contributed by atoms with Gasteiger partial charge in [0.05, 0.1) is 18.8 Å². The normalized spacial score (nSPS) is 10.3. The summed E-state index contributed by atoms with van der Waals surface area (Å²) >= 11 is 3.27. The zero-order valence-electron chi connectivity index (χ0n) is 9.27. The highest BCUT2D eigenvalue weighted by Gasteiger charge is 2.17. The summed E-state index contributed by atoms with van der Waals surface area (Å²) in [5, 5.41) is 17.7. The van der Waals surface area contributed by atoms with Crippen LogP contribution in [0.5, 0.6) is 0 Å². The molecule has 17 heavy (non-hydrogen) atoms. The second-order valence-corrected chi connectivity index (χ2v) is 4.33. The summed E-state index contributed by atoms with van der Waals surface area (Å²) in [5.41, 5.74) is 6.54. The molecule has 0 fully saturated rings. The number of hydrogen-bond donors (Lipinski definition) is 3. The molecule has 6 heteroatoms. The molecule has 0 saturated heterocycles. The van der Waals surface area contributed by atoms with Crippen LogP contribution >= 0.6 is 15.9 Å². The Kier molecular flexibility index (Phi) is 5.40. The van der Waals surface area contributed by atoms with Gasteiger partial charge in [0.1, 0.15) is 0 Å². The predicted octanol–water partition coefficient (Wildman–Crippen LogP) is 0.458. The van der Waals surface area contributed by atoms with Gasteiger partial charge >= 0.3 is 0 Å². The average Bonchev–Trinajstić information content (AvgIpc) is 2.31. The molecule has 1 rings (SSSR count). The smallest absolute Gasteiger partial charge is 0.255 e. The molecule has 0 radical (unpaired) electrons. The SMILES string of the molecule is Nc1ccc(Br)c(C(=O)N(CCO)CCO)c1. The Labute approximate surface area is 108 Å². The highest BCUT2D eigenvalue weighted by Crippen LogP contribution is 2.21. The van der Waals surface area contributed by atoms with E-state index in [1.54, 1.807) is 18.2 Å². The number of nitrogens with zero attached hydrogens (tertiary/aromatic N) is 1. The monoisotopic (exact) mass is 302 g/mol. The molecule has 4 N–H and O–H groups in total. The van der Waals surface area contributed by atoms with Crippen molar-refractivity contribution < 1.29 is 15.0 Å². The molecule has 1 aromatic carbocycles. The van der Waals surface area contributed by atoms with Gasteiger partial charge < -0.3 is 20.8 Å². The lowest BCUT2D eigenvalue weighted by molar-refractivity contribution is 0.0684. The molecular weight excluding hydrogens is 288 g/mol. The number of halogens is 1. The molecule has 0 spiro atoms. The summed E-state index contributed by atoms with van der Waals surface area (Å²) in [4.78, 5) is 13.5. The van der Waals surface area contributed by atoms with E-state index in [2.05, 4.69) is 15.9 Å². The predicted molar refractivity (Wildman–Crippen MR) is 68.6 cm³/mol. The van der Waals surface area contributed by atoms with E-state index < -0.39 is 0 Å². The molecule has 0 atom stereocenters. The second kappa shape index (κ2) is 6.58. The van der Waals surface area contributed by atoms with Crippen LogP contribution in [-0.4, -0.2) is 47.3 Å². The molecular formula is C11H15BrN2O3. The molecule has 0 aliphatic carbocycles. The lowest BCUT2D eigenvalue weighted by Crippen LogP contribution is -2.36. The van der Waals surface area contributed by atoms with Crippen LogP contribution in [0.1, 0.15) is 10.4 Å². The Hall–Kier alpha value is -1.11. The fourth-order valence-corrected chi connectivity index (χ4v) is 1.85. The Morgan fingerprint density at radius 1 is 1.29 bits per heavy atom. The van der Waals surface area contributed by atoms with Gasteiger partial charge in [0.15, 0.2) is 0 Å². The number of hydrogen-bond acceptors (Lipinski definition) is 4. The molecule has 0 saturated carbocycles. The standard InChI is InChI=1S/C11H15BrN2O3/c12-10-2-1-8(13)7-9(10)11(17)14(3-5-15)4-6-16/h1-2,7,15-16H,3-6,13H2. The van der Waals surface area contributed by atoms with E-state index in [9.17, 15) is 4.79 Å².